The van der Waals surface area contributed by atoms with Crippen molar-refractivity contribution in [2.75, 3.05) is 7.11 Å². The maximum absolute atomic E-state index is 10.2. The van der Waals surface area contributed by atoms with Gasteiger partial charge < -0.3 is 14.6 Å². The number of nitrogens with one attached hydrogen (secondary N) is 1. The van der Waals surface area contributed by atoms with Crippen LogP contribution in [-0.4, -0.2) is 24.2 Å². The van der Waals surface area contributed by atoms with Gasteiger partial charge in [0.1, 0.15) is 17.8 Å². The average Bonchev–Trinajstić information content (AvgIpc) is 3.58. The standard InChI is InChI=1S/C48H39N5O/c1-50-47(52-48(34-17-7-4-8-18-34)51-32-33-15-5-3-6-16-33)38-27-37(40-20-10-9-19-36(40)31-49)28-39(29-38)53-44-23-13-11-22-42(44)43-26-25-35(30-45(43)53)41-21-12-14-24-46(41)54-2/h3,5-7,9-30,47H,1,4,8,32H2,2H3,(H,51,52). The quantitative estimate of drug-likeness (QED) is 0.114. The summed E-state index contributed by atoms with van der Waals surface area (Å²) >= 11 is 0. The Bertz CT molecular complexity index is 2640. The summed E-state index contributed by atoms with van der Waals surface area (Å²) in [6.07, 6.45) is 7.94. The highest BCUT2D eigenvalue weighted by molar-refractivity contribution is 6.10. The lowest BCUT2D eigenvalue weighted by Gasteiger charge is -2.22. The van der Waals surface area contributed by atoms with Crippen LogP contribution in [0.15, 0.2) is 173 Å². The summed E-state index contributed by atoms with van der Waals surface area (Å²) in [5.74, 6) is 1.57. The Morgan fingerprint density at radius 2 is 1.56 bits per heavy atom. The molecule has 0 spiro atoms. The zero-order chi connectivity index (χ0) is 36.9. The lowest BCUT2D eigenvalue weighted by molar-refractivity contribution is 0.416. The van der Waals surface area contributed by atoms with Gasteiger partial charge in [0.2, 0.25) is 0 Å². The minimum Gasteiger partial charge on any atom is -0.496 e. The summed E-state index contributed by atoms with van der Waals surface area (Å²) in [4.78, 5) is 9.75. The highest BCUT2D eigenvalue weighted by atomic mass is 16.5. The molecule has 1 N–H and O–H groups in total. The van der Waals surface area contributed by atoms with Crippen molar-refractivity contribution < 1.29 is 4.74 Å². The zero-order valence-corrected chi connectivity index (χ0v) is 30.1. The summed E-state index contributed by atoms with van der Waals surface area (Å²) in [6, 6.07) is 50.0. The second-order valence-electron chi connectivity index (χ2n) is 13.3. The van der Waals surface area contributed by atoms with Crippen molar-refractivity contribution in [1.29, 1.82) is 5.26 Å². The number of ether oxygens (including phenoxy) is 1. The van der Waals surface area contributed by atoms with E-state index in [4.69, 9.17) is 9.73 Å². The van der Waals surface area contributed by atoms with E-state index in [1.165, 1.54) is 0 Å². The number of benzene rings is 6. The second-order valence-corrected chi connectivity index (χ2v) is 13.3. The van der Waals surface area contributed by atoms with Crippen molar-refractivity contribution >= 4 is 34.4 Å². The molecule has 8 rings (SSSR count). The van der Waals surface area contributed by atoms with Gasteiger partial charge >= 0.3 is 0 Å². The van der Waals surface area contributed by atoms with Gasteiger partial charge in [0, 0.05) is 27.6 Å². The normalized spacial score (nSPS) is 13.3. The molecule has 1 unspecified atom stereocenters. The first-order valence-corrected chi connectivity index (χ1v) is 18.1. The van der Waals surface area contributed by atoms with Gasteiger partial charge in [-0.05, 0) is 89.8 Å². The summed E-state index contributed by atoms with van der Waals surface area (Å²) in [7, 11) is 1.71. The predicted molar refractivity (Wildman–Crippen MR) is 222 cm³/mol. The topological polar surface area (TPSA) is 74.7 Å². The molecule has 0 saturated heterocycles. The molecule has 0 bridgehead atoms. The van der Waals surface area contributed by atoms with Crippen LogP contribution in [-0.2, 0) is 6.54 Å². The summed E-state index contributed by atoms with van der Waals surface area (Å²) < 4.78 is 8.08. The molecule has 0 radical (unpaired) electrons. The lowest BCUT2D eigenvalue weighted by atomic mass is 9.96. The van der Waals surface area contributed by atoms with Gasteiger partial charge in [0.25, 0.3) is 0 Å². The number of fused-ring (bicyclic) bond motifs is 3. The predicted octanol–water partition coefficient (Wildman–Crippen LogP) is 11.2. The number of aromatic nitrogens is 1. The molecule has 0 aliphatic heterocycles. The van der Waals surface area contributed by atoms with Crippen molar-refractivity contribution in [3.8, 4) is 39.8 Å². The minimum absolute atomic E-state index is 0.523. The van der Waals surface area contributed by atoms with E-state index in [9.17, 15) is 5.26 Å². The van der Waals surface area contributed by atoms with Crippen LogP contribution in [0.3, 0.4) is 0 Å². The summed E-state index contributed by atoms with van der Waals surface area (Å²) in [5, 5.41) is 16.2. The molecule has 1 heterocycles. The zero-order valence-electron chi connectivity index (χ0n) is 30.1. The molecule has 1 aromatic heterocycles. The van der Waals surface area contributed by atoms with Crippen LogP contribution in [0.25, 0.3) is 49.7 Å². The Labute approximate surface area is 315 Å². The van der Waals surface area contributed by atoms with E-state index in [2.05, 4.69) is 125 Å². The number of hydrogen-bond acceptors (Lipinski definition) is 4. The molecule has 54 heavy (non-hydrogen) atoms. The van der Waals surface area contributed by atoms with Crippen molar-refractivity contribution in [3.63, 3.8) is 0 Å². The molecule has 1 aliphatic rings. The number of methoxy groups -OCH3 is 1. The highest BCUT2D eigenvalue weighted by Gasteiger charge is 2.20. The Morgan fingerprint density at radius 1 is 0.796 bits per heavy atom. The van der Waals surface area contributed by atoms with E-state index in [1.54, 1.807) is 7.11 Å². The molecule has 0 amide bonds. The molecule has 7 aromatic rings. The van der Waals surface area contributed by atoms with Gasteiger partial charge in [0.15, 0.2) is 0 Å². The third kappa shape index (κ3) is 6.71. The molecule has 0 fully saturated rings. The van der Waals surface area contributed by atoms with Gasteiger partial charge in [-0.3, -0.25) is 9.98 Å². The number of nitrogens with zero attached hydrogens (tertiary/aromatic N) is 4. The number of para-hydroxylation sites is 2. The minimum atomic E-state index is -0.541. The third-order valence-electron chi connectivity index (χ3n) is 9.95. The van der Waals surface area contributed by atoms with Crippen LogP contribution in [0.1, 0.15) is 35.7 Å². The Morgan fingerprint density at radius 3 is 2.35 bits per heavy atom. The van der Waals surface area contributed by atoms with Crippen molar-refractivity contribution in [1.82, 2.24) is 9.88 Å². The van der Waals surface area contributed by atoms with E-state index >= 15 is 0 Å². The Balaban J connectivity index is 1.33. The Hall–Kier alpha value is -6.97. The molecule has 1 aliphatic carbocycles. The fourth-order valence-corrected chi connectivity index (χ4v) is 7.34. The van der Waals surface area contributed by atoms with Crippen LogP contribution in [0.5, 0.6) is 5.75 Å². The number of nitriles is 1. The molecule has 6 heteroatoms. The van der Waals surface area contributed by atoms with Crippen molar-refractivity contribution in [2.24, 2.45) is 9.98 Å². The third-order valence-corrected chi connectivity index (χ3v) is 9.95. The monoisotopic (exact) mass is 701 g/mol. The van der Waals surface area contributed by atoms with Gasteiger partial charge in [-0.2, -0.15) is 5.26 Å². The van der Waals surface area contributed by atoms with E-state index in [1.807, 2.05) is 60.7 Å². The maximum Gasteiger partial charge on any atom is 0.145 e. The van der Waals surface area contributed by atoms with E-state index in [0.717, 1.165) is 90.9 Å². The summed E-state index contributed by atoms with van der Waals surface area (Å²) in [5.41, 5.74) is 10.5. The highest BCUT2D eigenvalue weighted by Crippen LogP contribution is 2.39. The van der Waals surface area contributed by atoms with Crippen molar-refractivity contribution in [2.45, 2.75) is 25.6 Å². The van der Waals surface area contributed by atoms with Crippen LogP contribution < -0.4 is 10.1 Å². The first-order chi connectivity index (χ1) is 26.6. The largest absolute Gasteiger partial charge is 0.496 e. The van der Waals surface area contributed by atoms with Crippen LogP contribution >= 0.6 is 0 Å². The molecular formula is C48H39N5O. The van der Waals surface area contributed by atoms with E-state index in [-0.39, 0.29) is 0 Å². The number of allylic oxidation sites excluding steroid dienone is 2. The average molecular weight is 702 g/mol. The first-order valence-electron chi connectivity index (χ1n) is 18.1. The van der Waals surface area contributed by atoms with Crippen LogP contribution in [0, 0.1) is 11.3 Å². The summed E-state index contributed by atoms with van der Waals surface area (Å²) in [6.45, 7) is 4.59. The molecular weight excluding hydrogens is 663 g/mol. The van der Waals surface area contributed by atoms with Crippen LogP contribution in [0.2, 0.25) is 0 Å². The lowest BCUT2D eigenvalue weighted by Crippen LogP contribution is -2.29. The van der Waals surface area contributed by atoms with Gasteiger partial charge in [-0.15, -0.1) is 0 Å². The van der Waals surface area contributed by atoms with Crippen molar-refractivity contribution in [3.05, 3.63) is 180 Å². The maximum atomic E-state index is 10.2. The number of rotatable bonds is 10. The van der Waals surface area contributed by atoms with E-state index in [0.29, 0.717) is 12.1 Å². The van der Waals surface area contributed by atoms with Gasteiger partial charge in [0.05, 0.1) is 36.3 Å². The molecule has 6 nitrogen and oxygen atoms in total. The molecule has 262 valence electrons. The SMILES string of the molecule is C=NC(NC(=NCc1ccccc1)C1=CCCC=C1)c1cc(-c2ccccc2C#N)cc(-n2c3ccccc3c3ccc(-c4ccccc4OC)cc32)c1. The fourth-order valence-electron chi connectivity index (χ4n) is 7.34. The number of aliphatic imine (C=N–C) groups is 2. The number of hydrogen-bond donors (Lipinski definition) is 1. The fraction of sp³-hybridized carbons (Fsp3) is 0.104. The number of amidine groups is 1. The second kappa shape index (κ2) is 15.3. The molecule has 0 saturated carbocycles. The molecule has 1 atom stereocenters. The first kappa shape index (κ1) is 34.1. The van der Waals surface area contributed by atoms with E-state index < -0.39 is 6.17 Å². The van der Waals surface area contributed by atoms with Gasteiger partial charge in [-0.1, -0.05) is 115 Å². The Kier molecular flexibility index (Phi) is 9.69. The van der Waals surface area contributed by atoms with Gasteiger partial charge in [-0.25, -0.2) is 0 Å². The smallest absolute Gasteiger partial charge is 0.145 e. The van der Waals surface area contributed by atoms with Crippen LogP contribution in [0.4, 0.5) is 0 Å². The molecule has 6 aromatic carbocycles.